The molecule has 0 bridgehead atoms. The van der Waals surface area contributed by atoms with Crippen molar-refractivity contribution in [3.8, 4) is 0 Å². The molecule has 0 amide bonds. The molecule has 1 nitrogen and oxygen atoms in total. The van der Waals surface area contributed by atoms with E-state index >= 15 is 0 Å². The van der Waals surface area contributed by atoms with Crippen LogP contribution in [0, 0.1) is 5.41 Å². The van der Waals surface area contributed by atoms with Crippen molar-refractivity contribution >= 4 is 0 Å². The normalized spacial score (nSPS) is 26.7. The number of hydrogen-bond acceptors (Lipinski definition) is 1. The minimum absolute atomic E-state index is 0.790. The molecule has 1 heterocycles. The van der Waals surface area contributed by atoms with E-state index in [-0.39, 0.29) is 0 Å². The quantitative estimate of drug-likeness (QED) is 0.567. The molecule has 1 spiro atoms. The second-order valence-electron chi connectivity index (χ2n) is 3.66. The van der Waals surface area contributed by atoms with Crippen LogP contribution in [-0.4, -0.2) is 13.1 Å². The molecule has 66 valence electrons. The first-order valence-electron chi connectivity index (χ1n) is 5.12. The van der Waals surface area contributed by atoms with Crippen LogP contribution in [0.4, 0.5) is 0 Å². The largest absolute Gasteiger partial charge is 0.316 e. The first-order valence-corrected chi connectivity index (χ1v) is 5.12. The molecule has 11 heavy (non-hydrogen) atoms. The van der Waals surface area contributed by atoms with Gasteiger partial charge in [-0.1, -0.05) is 33.1 Å². The molecule has 1 saturated heterocycles. The van der Waals surface area contributed by atoms with E-state index in [1.165, 1.54) is 45.2 Å². The Morgan fingerprint density at radius 1 is 0.909 bits per heavy atom. The monoisotopic (exact) mass is 155 g/mol. The summed E-state index contributed by atoms with van der Waals surface area (Å²) in [5.41, 5.74) is 0.790. The minimum Gasteiger partial charge on any atom is -0.316 e. The summed E-state index contributed by atoms with van der Waals surface area (Å²) >= 11 is 0. The topological polar surface area (TPSA) is 12.0 Å². The SMILES string of the molecule is C1CCC2(CC1)CNC2.CC. The van der Waals surface area contributed by atoms with Crippen molar-refractivity contribution in [3.05, 3.63) is 0 Å². The maximum atomic E-state index is 3.37. The Labute approximate surface area is 70.6 Å². The lowest BCUT2D eigenvalue weighted by Gasteiger charge is -2.45. The highest BCUT2D eigenvalue weighted by Gasteiger charge is 2.37. The Morgan fingerprint density at radius 2 is 1.45 bits per heavy atom. The van der Waals surface area contributed by atoms with Crippen LogP contribution in [0.15, 0.2) is 0 Å². The molecule has 1 saturated carbocycles. The van der Waals surface area contributed by atoms with Gasteiger partial charge in [-0.15, -0.1) is 0 Å². The molecule has 0 aromatic rings. The van der Waals surface area contributed by atoms with Crippen LogP contribution in [0.25, 0.3) is 0 Å². The Kier molecular flexibility index (Phi) is 3.38. The van der Waals surface area contributed by atoms with Gasteiger partial charge < -0.3 is 5.32 Å². The third kappa shape index (κ3) is 1.96. The van der Waals surface area contributed by atoms with Crippen molar-refractivity contribution in [1.29, 1.82) is 0 Å². The van der Waals surface area contributed by atoms with Crippen LogP contribution in [0.3, 0.4) is 0 Å². The highest BCUT2D eigenvalue weighted by molar-refractivity contribution is 4.93. The van der Waals surface area contributed by atoms with Crippen molar-refractivity contribution in [3.63, 3.8) is 0 Å². The van der Waals surface area contributed by atoms with Crippen molar-refractivity contribution in [2.45, 2.75) is 46.0 Å². The Morgan fingerprint density at radius 3 is 1.73 bits per heavy atom. The van der Waals surface area contributed by atoms with E-state index in [0.717, 1.165) is 5.41 Å². The van der Waals surface area contributed by atoms with E-state index < -0.39 is 0 Å². The second kappa shape index (κ2) is 4.10. The van der Waals surface area contributed by atoms with Crippen LogP contribution < -0.4 is 5.32 Å². The molecule has 0 radical (unpaired) electrons. The van der Waals surface area contributed by atoms with Crippen LogP contribution in [-0.2, 0) is 0 Å². The molecule has 0 unspecified atom stereocenters. The van der Waals surface area contributed by atoms with Crippen molar-refractivity contribution in [2.75, 3.05) is 13.1 Å². The lowest BCUT2D eigenvalue weighted by Crippen LogP contribution is -2.54. The fourth-order valence-electron chi connectivity index (χ4n) is 2.13. The zero-order valence-electron chi connectivity index (χ0n) is 7.95. The van der Waals surface area contributed by atoms with Gasteiger partial charge in [-0.05, 0) is 18.3 Å². The molecular weight excluding hydrogens is 134 g/mol. The predicted octanol–water partition coefficient (Wildman–Crippen LogP) is 2.57. The molecule has 2 rings (SSSR count). The fraction of sp³-hybridized carbons (Fsp3) is 1.00. The Bertz CT molecular complexity index is 97.4. The molecule has 0 aromatic carbocycles. The van der Waals surface area contributed by atoms with Crippen LogP contribution in [0.2, 0.25) is 0 Å². The molecular formula is C10H21N. The highest BCUT2D eigenvalue weighted by Crippen LogP contribution is 2.38. The summed E-state index contributed by atoms with van der Waals surface area (Å²) in [7, 11) is 0. The Balaban J connectivity index is 0.000000281. The maximum Gasteiger partial charge on any atom is 0.00202 e. The van der Waals surface area contributed by atoms with Crippen LogP contribution in [0.5, 0.6) is 0 Å². The van der Waals surface area contributed by atoms with E-state index in [2.05, 4.69) is 5.32 Å². The van der Waals surface area contributed by atoms with Gasteiger partial charge in [0.05, 0.1) is 0 Å². The van der Waals surface area contributed by atoms with Gasteiger partial charge in [0.25, 0.3) is 0 Å². The zero-order valence-corrected chi connectivity index (χ0v) is 7.95. The summed E-state index contributed by atoms with van der Waals surface area (Å²) in [6, 6.07) is 0. The average molecular weight is 155 g/mol. The van der Waals surface area contributed by atoms with Gasteiger partial charge in [0.1, 0.15) is 0 Å². The predicted molar refractivity (Wildman–Crippen MR) is 49.7 cm³/mol. The third-order valence-electron chi connectivity index (χ3n) is 2.91. The summed E-state index contributed by atoms with van der Waals surface area (Å²) < 4.78 is 0. The summed E-state index contributed by atoms with van der Waals surface area (Å²) in [5.74, 6) is 0. The van der Waals surface area contributed by atoms with Gasteiger partial charge in [-0.3, -0.25) is 0 Å². The average Bonchev–Trinajstić information content (AvgIpc) is 2.07. The molecule has 2 aliphatic rings. The molecule has 1 aliphatic carbocycles. The Hall–Kier alpha value is -0.0400. The van der Waals surface area contributed by atoms with Gasteiger partial charge >= 0.3 is 0 Å². The molecule has 0 atom stereocenters. The van der Waals surface area contributed by atoms with E-state index in [4.69, 9.17) is 0 Å². The van der Waals surface area contributed by atoms with Gasteiger partial charge in [0, 0.05) is 13.1 Å². The summed E-state index contributed by atoms with van der Waals surface area (Å²) in [4.78, 5) is 0. The minimum atomic E-state index is 0.790. The van der Waals surface area contributed by atoms with E-state index in [1.807, 2.05) is 13.8 Å². The number of hydrogen-bond donors (Lipinski definition) is 1. The van der Waals surface area contributed by atoms with Gasteiger partial charge in [0.15, 0.2) is 0 Å². The van der Waals surface area contributed by atoms with Gasteiger partial charge in [0.2, 0.25) is 0 Å². The highest BCUT2D eigenvalue weighted by atomic mass is 15.0. The lowest BCUT2D eigenvalue weighted by molar-refractivity contribution is 0.107. The van der Waals surface area contributed by atoms with Gasteiger partial charge in [-0.2, -0.15) is 0 Å². The molecule has 2 fully saturated rings. The first kappa shape index (κ1) is 9.05. The van der Waals surface area contributed by atoms with Gasteiger partial charge in [-0.25, -0.2) is 0 Å². The van der Waals surface area contributed by atoms with E-state index in [9.17, 15) is 0 Å². The summed E-state index contributed by atoms with van der Waals surface area (Å²) in [6.07, 6.45) is 7.46. The lowest BCUT2D eigenvalue weighted by atomic mass is 9.70. The number of rotatable bonds is 0. The van der Waals surface area contributed by atoms with Crippen LogP contribution in [0.1, 0.15) is 46.0 Å². The maximum absolute atomic E-state index is 3.37. The zero-order chi connectivity index (χ0) is 8.16. The molecule has 1 heteroatoms. The van der Waals surface area contributed by atoms with Crippen molar-refractivity contribution in [2.24, 2.45) is 5.41 Å². The molecule has 1 aliphatic heterocycles. The second-order valence-corrected chi connectivity index (χ2v) is 3.66. The smallest absolute Gasteiger partial charge is 0.00202 e. The van der Waals surface area contributed by atoms with Crippen molar-refractivity contribution < 1.29 is 0 Å². The standard InChI is InChI=1S/C8H15N.C2H6/c1-2-4-8(5-3-1)6-9-7-8;1-2/h9H,1-7H2;1-2H3. The first-order chi connectivity index (χ1) is 5.41. The summed E-state index contributed by atoms with van der Waals surface area (Å²) in [5, 5.41) is 3.37. The molecule has 1 N–H and O–H groups in total. The summed E-state index contributed by atoms with van der Waals surface area (Å²) in [6.45, 7) is 6.62. The fourth-order valence-corrected chi connectivity index (χ4v) is 2.13. The van der Waals surface area contributed by atoms with Crippen molar-refractivity contribution in [1.82, 2.24) is 5.32 Å². The third-order valence-corrected chi connectivity index (χ3v) is 2.91. The molecule has 0 aromatic heterocycles. The van der Waals surface area contributed by atoms with E-state index in [1.54, 1.807) is 0 Å². The van der Waals surface area contributed by atoms with E-state index in [0.29, 0.717) is 0 Å². The number of nitrogens with one attached hydrogen (secondary N) is 1. The van der Waals surface area contributed by atoms with Crippen LogP contribution >= 0.6 is 0 Å².